The highest BCUT2D eigenvalue weighted by molar-refractivity contribution is 9.10. The zero-order valence-corrected chi connectivity index (χ0v) is 13.8. The van der Waals surface area contributed by atoms with Crippen LogP contribution in [0.5, 0.6) is 0 Å². The average Bonchev–Trinajstić information content (AvgIpc) is 2.43. The quantitative estimate of drug-likeness (QED) is 0.808. The minimum atomic E-state index is -3.47. The minimum absolute atomic E-state index is 0.198. The van der Waals surface area contributed by atoms with Crippen LogP contribution in [0.4, 0.5) is 5.69 Å². The smallest absolute Gasteiger partial charge is 0.240 e. The Kier molecular flexibility index (Phi) is 4.74. The van der Waals surface area contributed by atoms with Crippen molar-refractivity contribution in [2.45, 2.75) is 14.7 Å². The van der Waals surface area contributed by atoms with Crippen molar-refractivity contribution in [1.29, 1.82) is 0 Å². The SMILES string of the molecule is CNS(=O)(=O)c1ccc(N)c(Sc2ccccc2Br)c1. The van der Waals surface area contributed by atoms with E-state index >= 15 is 0 Å². The Hall–Kier alpha value is -1.02. The number of benzene rings is 2. The fourth-order valence-corrected chi connectivity index (χ4v) is 3.81. The Morgan fingerprint density at radius 2 is 1.85 bits per heavy atom. The molecule has 0 unspecified atom stereocenters. The molecular formula is C13H13BrN2O2S2. The normalized spacial score (nSPS) is 11.5. The summed E-state index contributed by atoms with van der Waals surface area (Å²) in [6.45, 7) is 0. The van der Waals surface area contributed by atoms with Gasteiger partial charge in [-0.1, -0.05) is 23.9 Å². The van der Waals surface area contributed by atoms with E-state index in [1.54, 1.807) is 12.1 Å². The van der Waals surface area contributed by atoms with Gasteiger partial charge in [0.05, 0.1) is 4.90 Å². The van der Waals surface area contributed by atoms with Crippen molar-refractivity contribution in [2.24, 2.45) is 0 Å². The summed E-state index contributed by atoms with van der Waals surface area (Å²) < 4.78 is 26.9. The van der Waals surface area contributed by atoms with Crippen LogP contribution in [0.15, 0.2) is 61.6 Å². The van der Waals surface area contributed by atoms with Gasteiger partial charge in [0.2, 0.25) is 10.0 Å². The van der Waals surface area contributed by atoms with Crippen LogP contribution in [0.2, 0.25) is 0 Å². The molecule has 2 aromatic rings. The second-order valence-corrected chi connectivity index (χ2v) is 7.76. The average molecular weight is 373 g/mol. The molecule has 0 spiro atoms. The molecule has 106 valence electrons. The van der Waals surface area contributed by atoms with Gasteiger partial charge in [-0.25, -0.2) is 13.1 Å². The van der Waals surface area contributed by atoms with E-state index in [1.807, 2.05) is 24.3 Å². The van der Waals surface area contributed by atoms with Gasteiger partial charge in [0, 0.05) is 20.0 Å². The largest absolute Gasteiger partial charge is 0.398 e. The van der Waals surface area contributed by atoms with Crippen LogP contribution >= 0.6 is 27.7 Å². The first kappa shape index (κ1) is 15.4. The topological polar surface area (TPSA) is 72.2 Å². The summed E-state index contributed by atoms with van der Waals surface area (Å²) in [7, 11) is -2.09. The molecular weight excluding hydrogens is 360 g/mol. The fraction of sp³-hybridized carbons (Fsp3) is 0.0769. The lowest BCUT2D eigenvalue weighted by Gasteiger charge is -2.09. The van der Waals surface area contributed by atoms with E-state index in [-0.39, 0.29) is 4.90 Å². The molecule has 0 aliphatic heterocycles. The first-order chi connectivity index (χ1) is 9.44. The summed E-state index contributed by atoms with van der Waals surface area (Å²) in [4.78, 5) is 1.87. The fourth-order valence-electron chi connectivity index (χ4n) is 1.53. The van der Waals surface area contributed by atoms with E-state index in [2.05, 4.69) is 20.7 Å². The van der Waals surface area contributed by atoms with Gasteiger partial charge < -0.3 is 5.73 Å². The Morgan fingerprint density at radius 1 is 1.15 bits per heavy atom. The Balaban J connectivity index is 2.42. The van der Waals surface area contributed by atoms with Gasteiger partial charge in [-0.3, -0.25) is 0 Å². The van der Waals surface area contributed by atoms with Crippen LogP contribution in [0.3, 0.4) is 0 Å². The van der Waals surface area contributed by atoms with E-state index in [0.29, 0.717) is 10.6 Å². The maximum Gasteiger partial charge on any atom is 0.240 e. The summed E-state index contributed by atoms with van der Waals surface area (Å²) in [6.07, 6.45) is 0. The zero-order valence-electron chi connectivity index (χ0n) is 10.6. The summed E-state index contributed by atoms with van der Waals surface area (Å²) in [6, 6.07) is 12.4. The van der Waals surface area contributed by atoms with Crippen molar-refractivity contribution in [3.05, 3.63) is 46.9 Å². The number of nitrogen functional groups attached to an aromatic ring is 1. The third kappa shape index (κ3) is 3.35. The van der Waals surface area contributed by atoms with E-state index in [9.17, 15) is 8.42 Å². The molecule has 2 aromatic carbocycles. The van der Waals surface area contributed by atoms with Crippen molar-refractivity contribution in [3.63, 3.8) is 0 Å². The maximum atomic E-state index is 11.8. The third-order valence-electron chi connectivity index (χ3n) is 2.62. The van der Waals surface area contributed by atoms with Gasteiger partial charge in [-0.2, -0.15) is 0 Å². The molecule has 0 bridgehead atoms. The number of sulfonamides is 1. The van der Waals surface area contributed by atoms with Gasteiger partial charge in [0.25, 0.3) is 0 Å². The monoisotopic (exact) mass is 372 g/mol. The molecule has 4 nitrogen and oxygen atoms in total. The number of hydrogen-bond acceptors (Lipinski definition) is 4. The molecule has 0 aliphatic rings. The first-order valence-electron chi connectivity index (χ1n) is 5.69. The van der Waals surface area contributed by atoms with Crippen molar-refractivity contribution in [1.82, 2.24) is 4.72 Å². The maximum absolute atomic E-state index is 11.8. The molecule has 0 atom stereocenters. The highest BCUT2D eigenvalue weighted by atomic mass is 79.9. The Bertz CT molecular complexity index is 733. The van der Waals surface area contributed by atoms with Gasteiger partial charge in [0.1, 0.15) is 0 Å². The highest BCUT2D eigenvalue weighted by Gasteiger charge is 2.14. The molecule has 2 rings (SSSR count). The predicted octanol–water partition coefficient (Wildman–Crippen LogP) is 3.09. The van der Waals surface area contributed by atoms with Crippen LogP contribution in [0, 0.1) is 0 Å². The summed E-state index contributed by atoms with van der Waals surface area (Å²) in [5.41, 5.74) is 6.46. The van der Waals surface area contributed by atoms with E-state index < -0.39 is 10.0 Å². The molecule has 20 heavy (non-hydrogen) atoms. The molecule has 0 heterocycles. The molecule has 0 saturated carbocycles. The van der Waals surface area contributed by atoms with Crippen molar-refractivity contribution >= 4 is 43.4 Å². The van der Waals surface area contributed by atoms with Crippen molar-refractivity contribution < 1.29 is 8.42 Å². The van der Waals surface area contributed by atoms with Gasteiger partial charge >= 0.3 is 0 Å². The van der Waals surface area contributed by atoms with Crippen LogP contribution in [0.1, 0.15) is 0 Å². The Morgan fingerprint density at radius 3 is 2.50 bits per heavy atom. The molecule has 0 radical (unpaired) electrons. The van der Waals surface area contributed by atoms with Crippen LogP contribution in [-0.2, 0) is 10.0 Å². The minimum Gasteiger partial charge on any atom is -0.398 e. The lowest BCUT2D eigenvalue weighted by Crippen LogP contribution is -2.18. The van der Waals surface area contributed by atoms with Gasteiger partial charge in [-0.05, 0) is 53.3 Å². The first-order valence-corrected chi connectivity index (χ1v) is 8.79. The number of nitrogens with one attached hydrogen (secondary N) is 1. The van der Waals surface area contributed by atoms with E-state index in [4.69, 9.17) is 5.73 Å². The lowest BCUT2D eigenvalue weighted by atomic mass is 10.3. The van der Waals surface area contributed by atoms with Gasteiger partial charge in [-0.15, -0.1) is 0 Å². The molecule has 0 amide bonds. The number of hydrogen-bond donors (Lipinski definition) is 2. The Labute approximate surface area is 130 Å². The third-order valence-corrected chi connectivity index (χ3v) is 6.14. The molecule has 0 fully saturated rings. The highest BCUT2D eigenvalue weighted by Crippen LogP contribution is 2.37. The predicted molar refractivity (Wildman–Crippen MR) is 85.4 cm³/mol. The number of nitrogens with two attached hydrogens (primary N) is 1. The summed E-state index contributed by atoms with van der Waals surface area (Å²) in [5, 5.41) is 0. The molecule has 0 aliphatic carbocycles. The summed E-state index contributed by atoms with van der Waals surface area (Å²) in [5.74, 6) is 0. The van der Waals surface area contributed by atoms with Crippen molar-refractivity contribution in [3.8, 4) is 0 Å². The zero-order chi connectivity index (χ0) is 14.8. The molecule has 7 heteroatoms. The van der Waals surface area contributed by atoms with Crippen LogP contribution in [-0.4, -0.2) is 15.5 Å². The van der Waals surface area contributed by atoms with Crippen LogP contribution in [0.25, 0.3) is 0 Å². The van der Waals surface area contributed by atoms with Crippen molar-refractivity contribution in [2.75, 3.05) is 12.8 Å². The molecule has 0 aromatic heterocycles. The summed E-state index contributed by atoms with van der Waals surface area (Å²) >= 11 is 4.88. The standard InChI is InChI=1S/C13H13BrN2O2S2/c1-16-20(17,18)9-6-7-11(15)13(8-9)19-12-5-3-2-4-10(12)14/h2-8,16H,15H2,1H3. The number of halogens is 1. The number of anilines is 1. The molecule has 3 N–H and O–H groups in total. The number of rotatable bonds is 4. The molecule has 0 saturated heterocycles. The van der Waals surface area contributed by atoms with E-state index in [0.717, 1.165) is 9.37 Å². The second-order valence-electron chi connectivity index (χ2n) is 3.94. The lowest BCUT2D eigenvalue weighted by molar-refractivity contribution is 0.588. The van der Waals surface area contributed by atoms with E-state index in [1.165, 1.54) is 24.9 Å². The second kappa shape index (κ2) is 6.17. The van der Waals surface area contributed by atoms with Crippen LogP contribution < -0.4 is 10.5 Å². The van der Waals surface area contributed by atoms with Gasteiger partial charge in [0.15, 0.2) is 0 Å².